The molecule has 0 aliphatic heterocycles. The van der Waals surface area contributed by atoms with Crippen LogP contribution in [0.25, 0.3) is 6.08 Å². The minimum atomic E-state index is -0.325. The van der Waals surface area contributed by atoms with Gasteiger partial charge in [0.05, 0.1) is 0 Å². The van der Waals surface area contributed by atoms with Crippen molar-refractivity contribution in [1.29, 1.82) is 0 Å². The minimum Gasteiger partial charge on any atom is -0.423 e. The molecule has 0 unspecified atom stereocenters. The van der Waals surface area contributed by atoms with Crippen LogP contribution >= 0.6 is 0 Å². The van der Waals surface area contributed by atoms with Crippen molar-refractivity contribution < 1.29 is 9.53 Å². The van der Waals surface area contributed by atoms with Gasteiger partial charge in [-0.05, 0) is 42.2 Å². The molecular formula is C19H20O2. The van der Waals surface area contributed by atoms with Gasteiger partial charge in [0.2, 0.25) is 0 Å². The van der Waals surface area contributed by atoms with E-state index in [4.69, 9.17) is 4.74 Å². The number of esters is 1. The SMILES string of the molecule is CC(=Cc1ccc(C(C)C)cc1)C(=O)Oc1ccccc1. The molecule has 2 aromatic carbocycles. The summed E-state index contributed by atoms with van der Waals surface area (Å²) in [6.07, 6.45) is 1.84. The van der Waals surface area contributed by atoms with Crippen LogP contribution in [0.2, 0.25) is 0 Å². The molecule has 0 aliphatic carbocycles. The average molecular weight is 280 g/mol. The standard InChI is InChI=1S/C19H20O2/c1-14(2)17-11-9-16(10-12-17)13-15(3)19(20)21-18-7-5-4-6-8-18/h4-14H,1-3H3. The molecule has 0 bridgehead atoms. The monoisotopic (exact) mass is 280 g/mol. The number of benzene rings is 2. The highest BCUT2D eigenvalue weighted by Crippen LogP contribution is 2.17. The predicted octanol–water partition coefficient (Wildman–Crippen LogP) is 4.82. The van der Waals surface area contributed by atoms with Crippen molar-refractivity contribution in [2.75, 3.05) is 0 Å². The molecule has 2 rings (SSSR count). The lowest BCUT2D eigenvalue weighted by Crippen LogP contribution is -2.08. The lowest BCUT2D eigenvalue weighted by Gasteiger charge is -2.06. The van der Waals surface area contributed by atoms with Crippen molar-refractivity contribution >= 4 is 12.0 Å². The summed E-state index contributed by atoms with van der Waals surface area (Å²) in [4.78, 5) is 12.0. The van der Waals surface area contributed by atoms with E-state index in [1.54, 1.807) is 19.1 Å². The predicted molar refractivity (Wildman–Crippen MR) is 86.3 cm³/mol. The van der Waals surface area contributed by atoms with E-state index in [-0.39, 0.29) is 5.97 Å². The molecule has 2 heteroatoms. The van der Waals surface area contributed by atoms with E-state index in [0.717, 1.165) is 5.56 Å². The van der Waals surface area contributed by atoms with Crippen LogP contribution in [0.5, 0.6) is 5.75 Å². The Morgan fingerprint density at radius 2 is 1.62 bits per heavy atom. The maximum Gasteiger partial charge on any atom is 0.339 e. The van der Waals surface area contributed by atoms with Gasteiger partial charge < -0.3 is 4.74 Å². The fraction of sp³-hybridized carbons (Fsp3) is 0.211. The van der Waals surface area contributed by atoms with Gasteiger partial charge in [0.25, 0.3) is 0 Å². The van der Waals surface area contributed by atoms with Crippen LogP contribution in [-0.4, -0.2) is 5.97 Å². The lowest BCUT2D eigenvalue weighted by molar-refractivity contribution is -0.130. The zero-order valence-electron chi connectivity index (χ0n) is 12.7. The molecule has 0 saturated heterocycles. The van der Waals surface area contributed by atoms with Crippen molar-refractivity contribution in [3.05, 3.63) is 71.3 Å². The molecule has 2 aromatic rings. The second-order valence-electron chi connectivity index (χ2n) is 5.35. The van der Waals surface area contributed by atoms with Gasteiger partial charge in [-0.15, -0.1) is 0 Å². The Hall–Kier alpha value is -2.35. The number of carbonyl (C=O) groups is 1. The normalized spacial score (nSPS) is 11.5. The van der Waals surface area contributed by atoms with Gasteiger partial charge in [-0.1, -0.05) is 56.3 Å². The first kappa shape index (κ1) is 15.0. The van der Waals surface area contributed by atoms with Gasteiger partial charge in [-0.2, -0.15) is 0 Å². The van der Waals surface area contributed by atoms with E-state index < -0.39 is 0 Å². The third-order valence-corrected chi connectivity index (χ3v) is 3.26. The number of hydrogen-bond acceptors (Lipinski definition) is 2. The summed E-state index contributed by atoms with van der Waals surface area (Å²) in [7, 11) is 0. The number of ether oxygens (including phenoxy) is 1. The van der Waals surface area contributed by atoms with Crippen LogP contribution in [0.4, 0.5) is 0 Å². The highest BCUT2D eigenvalue weighted by Gasteiger charge is 2.07. The summed E-state index contributed by atoms with van der Waals surface area (Å²) < 4.78 is 5.30. The van der Waals surface area contributed by atoms with Gasteiger partial charge in [0.1, 0.15) is 5.75 Å². The van der Waals surface area contributed by atoms with Gasteiger partial charge in [-0.3, -0.25) is 0 Å². The molecule has 2 nitrogen and oxygen atoms in total. The summed E-state index contributed by atoms with van der Waals surface area (Å²) in [5.41, 5.74) is 2.87. The first-order chi connectivity index (χ1) is 10.1. The zero-order valence-corrected chi connectivity index (χ0v) is 12.7. The second-order valence-corrected chi connectivity index (χ2v) is 5.35. The van der Waals surface area contributed by atoms with Crippen molar-refractivity contribution in [3.63, 3.8) is 0 Å². The van der Waals surface area contributed by atoms with Crippen molar-refractivity contribution in [3.8, 4) is 5.75 Å². The maximum absolute atomic E-state index is 12.0. The van der Waals surface area contributed by atoms with Crippen LogP contribution in [-0.2, 0) is 4.79 Å². The van der Waals surface area contributed by atoms with E-state index in [1.165, 1.54) is 5.56 Å². The Morgan fingerprint density at radius 1 is 1.00 bits per heavy atom. The highest BCUT2D eigenvalue weighted by molar-refractivity contribution is 5.94. The molecule has 0 fully saturated rings. The molecule has 0 spiro atoms. The quantitative estimate of drug-likeness (QED) is 0.456. The average Bonchev–Trinajstić information content (AvgIpc) is 2.48. The van der Waals surface area contributed by atoms with Gasteiger partial charge in [-0.25, -0.2) is 4.79 Å². The molecule has 0 atom stereocenters. The smallest absolute Gasteiger partial charge is 0.339 e. The Bertz CT molecular complexity index is 622. The van der Waals surface area contributed by atoms with Crippen LogP contribution in [0.3, 0.4) is 0 Å². The largest absolute Gasteiger partial charge is 0.423 e. The summed E-state index contributed by atoms with van der Waals surface area (Å²) >= 11 is 0. The number of rotatable bonds is 4. The zero-order chi connectivity index (χ0) is 15.2. The van der Waals surface area contributed by atoms with Crippen LogP contribution in [0.15, 0.2) is 60.2 Å². The first-order valence-corrected chi connectivity index (χ1v) is 7.12. The highest BCUT2D eigenvalue weighted by atomic mass is 16.5. The Kier molecular flexibility index (Phi) is 4.94. The van der Waals surface area contributed by atoms with Gasteiger partial charge in [0, 0.05) is 5.57 Å². The van der Waals surface area contributed by atoms with Crippen molar-refractivity contribution in [1.82, 2.24) is 0 Å². The van der Waals surface area contributed by atoms with Crippen molar-refractivity contribution in [2.45, 2.75) is 26.7 Å². The molecule has 0 aliphatic rings. The fourth-order valence-corrected chi connectivity index (χ4v) is 1.96. The van der Waals surface area contributed by atoms with E-state index >= 15 is 0 Å². The third kappa shape index (κ3) is 4.32. The summed E-state index contributed by atoms with van der Waals surface area (Å²) in [5, 5.41) is 0. The number of para-hydroxylation sites is 1. The van der Waals surface area contributed by atoms with Gasteiger partial charge >= 0.3 is 5.97 Å². The van der Waals surface area contributed by atoms with E-state index in [1.807, 2.05) is 36.4 Å². The van der Waals surface area contributed by atoms with E-state index in [9.17, 15) is 4.79 Å². The molecule has 0 aromatic heterocycles. The minimum absolute atomic E-state index is 0.325. The van der Waals surface area contributed by atoms with Crippen LogP contribution in [0.1, 0.15) is 37.8 Å². The Morgan fingerprint density at radius 3 is 2.19 bits per heavy atom. The lowest BCUT2D eigenvalue weighted by atomic mass is 10.0. The Labute approximate surface area is 126 Å². The summed E-state index contributed by atoms with van der Waals surface area (Å²) in [6, 6.07) is 17.3. The molecule has 21 heavy (non-hydrogen) atoms. The van der Waals surface area contributed by atoms with E-state index in [0.29, 0.717) is 17.2 Å². The molecule has 108 valence electrons. The summed E-state index contributed by atoms with van der Waals surface area (Å²) in [5.74, 6) is 0.742. The molecular weight excluding hydrogens is 260 g/mol. The first-order valence-electron chi connectivity index (χ1n) is 7.12. The molecule has 0 heterocycles. The summed E-state index contributed by atoms with van der Waals surface area (Å²) in [6.45, 7) is 6.09. The van der Waals surface area contributed by atoms with E-state index in [2.05, 4.69) is 26.0 Å². The van der Waals surface area contributed by atoms with Gasteiger partial charge in [0.15, 0.2) is 0 Å². The molecule has 0 amide bonds. The maximum atomic E-state index is 12.0. The number of carbonyl (C=O) groups excluding carboxylic acids is 1. The topological polar surface area (TPSA) is 26.3 Å². The second kappa shape index (κ2) is 6.89. The molecule has 0 saturated carbocycles. The number of hydrogen-bond donors (Lipinski definition) is 0. The van der Waals surface area contributed by atoms with Crippen LogP contribution in [0, 0.1) is 0 Å². The fourth-order valence-electron chi connectivity index (χ4n) is 1.96. The molecule has 0 N–H and O–H groups in total. The third-order valence-electron chi connectivity index (χ3n) is 3.26. The van der Waals surface area contributed by atoms with Crippen molar-refractivity contribution in [2.24, 2.45) is 0 Å². The molecule has 0 radical (unpaired) electrons. The van der Waals surface area contributed by atoms with Crippen LogP contribution < -0.4 is 4.74 Å². The Balaban J connectivity index is 2.07.